The third kappa shape index (κ3) is 3.53. The highest BCUT2D eigenvalue weighted by molar-refractivity contribution is 5.87. The molecule has 1 fully saturated rings. The molecule has 0 amide bonds. The minimum Gasteiger partial charge on any atom is -0.494 e. The second-order valence-corrected chi connectivity index (χ2v) is 6.50. The van der Waals surface area contributed by atoms with E-state index in [9.17, 15) is 15.2 Å². The normalized spacial score (nSPS) is 16.9. The maximum absolute atomic E-state index is 12.6. The van der Waals surface area contributed by atoms with Gasteiger partial charge in [-0.25, -0.2) is 0 Å². The summed E-state index contributed by atoms with van der Waals surface area (Å²) >= 11 is 0. The number of aromatic nitrogens is 1. The molecule has 6 nitrogen and oxygen atoms in total. The van der Waals surface area contributed by atoms with Gasteiger partial charge >= 0.3 is 0 Å². The fourth-order valence-electron chi connectivity index (χ4n) is 3.13. The molecule has 1 aliphatic heterocycles. The molecule has 6 heteroatoms. The first kappa shape index (κ1) is 17.9. The Morgan fingerprint density at radius 3 is 2.92 bits per heavy atom. The summed E-state index contributed by atoms with van der Waals surface area (Å²) in [6, 6.07) is 9.59. The van der Waals surface area contributed by atoms with E-state index in [0.717, 1.165) is 24.1 Å². The standard InChI is InChI=1S/C20H21N3O3/c1-13-5-3-6-15(9-13)22-11-18-14(2)17(10-21)19(24)23(20(18)25)12-16-7-4-8-26-16/h3,5-6,9,11,16,25H,4,7-8,12H2,1-2H3. The van der Waals surface area contributed by atoms with E-state index < -0.39 is 5.56 Å². The number of aliphatic imine (C=N–C) groups is 1. The van der Waals surface area contributed by atoms with E-state index >= 15 is 0 Å². The van der Waals surface area contributed by atoms with Gasteiger partial charge in [0.15, 0.2) is 0 Å². The van der Waals surface area contributed by atoms with Crippen LogP contribution in [0.3, 0.4) is 0 Å². The lowest BCUT2D eigenvalue weighted by Crippen LogP contribution is -2.29. The van der Waals surface area contributed by atoms with Gasteiger partial charge in [-0.05, 0) is 49.9 Å². The molecule has 1 aliphatic rings. The molecular formula is C20H21N3O3. The quantitative estimate of drug-likeness (QED) is 0.858. The van der Waals surface area contributed by atoms with Gasteiger partial charge in [-0.2, -0.15) is 5.26 Å². The number of nitriles is 1. The van der Waals surface area contributed by atoms with Crippen LogP contribution >= 0.6 is 0 Å². The number of hydrogen-bond acceptors (Lipinski definition) is 5. The van der Waals surface area contributed by atoms with Crippen LogP contribution in [-0.2, 0) is 11.3 Å². The van der Waals surface area contributed by atoms with Gasteiger partial charge in [-0.15, -0.1) is 0 Å². The molecule has 1 atom stereocenters. The van der Waals surface area contributed by atoms with E-state index in [0.29, 0.717) is 17.7 Å². The molecule has 0 aliphatic carbocycles. The Balaban J connectivity index is 2.06. The number of benzene rings is 1. The Kier molecular flexibility index (Phi) is 5.19. The zero-order chi connectivity index (χ0) is 18.7. The summed E-state index contributed by atoms with van der Waals surface area (Å²) in [6.07, 6.45) is 3.13. The molecular weight excluding hydrogens is 330 g/mol. The number of aryl methyl sites for hydroxylation is 1. The average Bonchev–Trinajstić information content (AvgIpc) is 3.12. The average molecular weight is 351 g/mol. The molecule has 2 aromatic rings. The molecule has 1 aromatic heterocycles. The Bertz CT molecular complexity index is 948. The van der Waals surface area contributed by atoms with Crippen molar-refractivity contribution < 1.29 is 9.84 Å². The number of pyridine rings is 1. The van der Waals surface area contributed by atoms with Crippen molar-refractivity contribution >= 4 is 11.9 Å². The largest absolute Gasteiger partial charge is 0.494 e. The fourth-order valence-corrected chi connectivity index (χ4v) is 3.13. The number of hydrogen-bond donors (Lipinski definition) is 1. The summed E-state index contributed by atoms with van der Waals surface area (Å²) in [5.41, 5.74) is 2.13. The number of nitrogens with zero attached hydrogens (tertiary/aromatic N) is 3. The number of rotatable bonds is 4. The Hall–Kier alpha value is -2.91. The first-order valence-corrected chi connectivity index (χ1v) is 8.60. The van der Waals surface area contributed by atoms with Crippen molar-refractivity contribution in [1.29, 1.82) is 5.26 Å². The molecule has 0 spiro atoms. The minimum absolute atomic E-state index is 0.0199. The summed E-state index contributed by atoms with van der Waals surface area (Å²) in [6.45, 7) is 4.49. The zero-order valence-corrected chi connectivity index (χ0v) is 14.9. The molecule has 1 N–H and O–H groups in total. The summed E-state index contributed by atoms with van der Waals surface area (Å²) in [5.74, 6) is -0.182. The molecule has 1 aromatic carbocycles. The topological polar surface area (TPSA) is 87.6 Å². The molecule has 1 saturated heterocycles. The van der Waals surface area contributed by atoms with Gasteiger partial charge in [0.05, 0.1) is 23.9 Å². The lowest BCUT2D eigenvalue weighted by atomic mass is 10.1. The first-order valence-electron chi connectivity index (χ1n) is 8.60. The number of aromatic hydroxyl groups is 1. The van der Waals surface area contributed by atoms with Crippen LogP contribution in [0.25, 0.3) is 0 Å². The minimum atomic E-state index is -0.495. The first-order chi connectivity index (χ1) is 12.5. The summed E-state index contributed by atoms with van der Waals surface area (Å²) < 4.78 is 6.79. The maximum atomic E-state index is 12.6. The van der Waals surface area contributed by atoms with Gasteiger partial charge in [0.1, 0.15) is 11.6 Å². The molecule has 26 heavy (non-hydrogen) atoms. The van der Waals surface area contributed by atoms with E-state index in [2.05, 4.69) is 4.99 Å². The number of ether oxygens (including phenoxy) is 1. The molecule has 1 unspecified atom stereocenters. The predicted molar refractivity (Wildman–Crippen MR) is 99.2 cm³/mol. The van der Waals surface area contributed by atoms with Crippen LogP contribution in [0.4, 0.5) is 5.69 Å². The van der Waals surface area contributed by atoms with E-state index in [-0.39, 0.29) is 24.1 Å². The van der Waals surface area contributed by atoms with Crippen molar-refractivity contribution in [2.24, 2.45) is 4.99 Å². The highest BCUT2D eigenvalue weighted by atomic mass is 16.5. The van der Waals surface area contributed by atoms with Crippen molar-refractivity contribution in [3.05, 3.63) is 56.9 Å². The fraction of sp³-hybridized carbons (Fsp3) is 0.350. The molecule has 0 radical (unpaired) electrons. The van der Waals surface area contributed by atoms with Gasteiger partial charge in [0.25, 0.3) is 5.56 Å². The van der Waals surface area contributed by atoms with E-state index in [1.165, 1.54) is 10.8 Å². The molecule has 3 rings (SSSR count). The van der Waals surface area contributed by atoms with Crippen LogP contribution in [0.2, 0.25) is 0 Å². The van der Waals surface area contributed by atoms with Crippen LogP contribution in [0.5, 0.6) is 5.88 Å². The smallest absolute Gasteiger partial charge is 0.271 e. The molecule has 134 valence electrons. The van der Waals surface area contributed by atoms with Crippen LogP contribution in [0.1, 0.15) is 35.1 Å². The van der Waals surface area contributed by atoms with Gasteiger partial charge in [0, 0.05) is 12.8 Å². The SMILES string of the molecule is Cc1cccc(N=Cc2c(C)c(C#N)c(=O)n(CC3CCCO3)c2O)c1. The third-order valence-electron chi connectivity index (χ3n) is 4.60. The second-order valence-electron chi connectivity index (χ2n) is 6.50. The second kappa shape index (κ2) is 7.54. The van der Waals surface area contributed by atoms with E-state index in [1.54, 1.807) is 6.92 Å². The molecule has 0 bridgehead atoms. The summed E-state index contributed by atoms with van der Waals surface area (Å²) in [4.78, 5) is 17.0. The highest BCUT2D eigenvalue weighted by Gasteiger charge is 2.22. The van der Waals surface area contributed by atoms with Crippen molar-refractivity contribution in [1.82, 2.24) is 4.57 Å². The lowest BCUT2D eigenvalue weighted by molar-refractivity contribution is 0.0938. The van der Waals surface area contributed by atoms with Crippen LogP contribution in [0, 0.1) is 25.2 Å². The maximum Gasteiger partial charge on any atom is 0.271 e. The predicted octanol–water partition coefficient (Wildman–Crippen LogP) is 2.97. The van der Waals surface area contributed by atoms with Gasteiger partial charge in [-0.1, -0.05) is 12.1 Å². The molecule has 2 heterocycles. The van der Waals surface area contributed by atoms with E-state index in [1.807, 2.05) is 37.3 Å². The Morgan fingerprint density at radius 2 is 2.27 bits per heavy atom. The summed E-state index contributed by atoms with van der Waals surface area (Å²) in [5, 5.41) is 20.1. The van der Waals surface area contributed by atoms with Crippen molar-refractivity contribution in [2.45, 2.75) is 39.3 Å². The van der Waals surface area contributed by atoms with Gasteiger partial charge in [0.2, 0.25) is 5.88 Å². The summed E-state index contributed by atoms with van der Waals surface area (Å²) in [7, 11) is 0. The van der Waals surface area contributed by atoms with Crippen LogP contribution in [0.15, 0.2) is 34.1 Å². The van der Waals surface area contributed by atoms with Crippen molar-refractivity contribution in [3.8, 4) is 11.9 Å². The third-order valence-corrected chi connectivity index (χ3v) is 4.60. The Labute approximate surface area is 152 Å². The molecule has 0 saturated carbocycles. The monoisotopic (exact) mass is 351 g/mol. The Morgan fingerprint density at radius 1 is 1.46 bits per heavy atom. The van der Waals surface area contributed by atoms with Gasteiger partial charge in [-0.3, -0.25) is 14.4 Å². The van der Waals surface area contributed by atoms with Crippen LogP contribution < -0.4 is 5.56 Å². The van der Waals surface area contributed by atoms with E-state index in [4.69, 9.17) is 4.74 Å². The van der Waals surface area contributed by atoms with Crippen molar-refractivity contribution in [3.63, 3.8) is 0 Å². The van der Waals surface area contributed by atoms with Crippen molar-refractivity contribution in [2.75, 3.05) is 6.61 Å². The van der Waals surface area contributed by atoms with Gasteiger partial charge < -0.3 is 9.84 Å². The zero-order valence-electron chi connectivity index (χ0n) is 14.9. The van der Waals surface area contributed by atoms with Crippen LogP contribution in [-0.4, -0.2) is 28.6 Å². The highest BCUT2D eigenvalue weighted by Crippen LogP contribution is 2.23. The lowest BCUT2D eigenvalue weighted by Gasteiger charge is -2.17.